The molecule has 0 bridgehead atoms. The Balaban J connectivity index is 2.09. The zero-order valence-corrected chi connectivity index (χ0v) is 15.3. The Labute approximate surface area is 141 Å². The van der Waals surface area contributed by atoms with E-state index in [0.29, 0.717) is 25.2 Å². The van der Waals surface area contributed by atoms with E-state index in [4.69, 9.17) is 5.11 Å². The van der Waals surface area contributed by atoms with Gasteiger partial charge in [0.25, 0.3) is 0 Å². The van der Waals surface area contributed by atoms with Crippen molar-refractivity contribution >= 4 is 23.2 Å². The van der Waals surface area contributed by atoms with Gasteiger partial charge in [-0.3, -0.25) is 9.59 Å². The van der Waals surface area contributed by atoms with Crippen molar-refractivity contribution in [1.29, 1.82) is 0 Å². The van der Waals surface area contributed by atoms with Crippen molar-refractivity contribution in [3.8, 4) is 0 Å². The SMILES string of the molecule is Cc1nc(C(C)C)sc1C(C)N(C)C(=O)[C@@H]1CC[C@H](C(=O)O)C1. The number of amides is 1. The van der Waals surface area contributed by atoms with Gasteiger partial charge in [-0.1, -0.05) is 13.8 Å². The minimum Gasteiger partial charge on any atom is -0.481 e. The lowest BCUT2D eigenvalue weighted by atomic mass is 10.0. The molecule has 0 aromatic carbocycles. The van der Waals surface area contributed by atoms with Crippen molar-refractivity contribution in [2.24, 2.45) is 11.8 Å². The van der Waals surface area contributed by atoms with Gasteiger partial charge >= 0.3 is 5.97 Å². The van der Waals surface area contributed by atoms with Crippen LogP contribution in [0.1, 0.15) is 67.6 Å². The number of carbonyl (C=O) groups excluding carboxylic acids is 1. The Morgan fingerprint density at radius 1 is 1.26 bits per heavy atom. The molecule has 6 heteroatoms. The van der Waals surface area contributed by atoms with E-state index in [0.717, 1.165) is 15.6 Å². The molecular formula is C17H26N2O3S. The monoisotopic (exact) mass is 338 g/mol. The summed E-state index contributed by atoms with van der Waals surface area (Å²) in [6.07, 6.45) is 1.74. The molecule has 5 nitrogen and oxygen atoms in total. The van der Waals surface area contributed by atoms with Crippen LogP contribution in [0.25, 0.3) is 0 Å². The highest BCUT2D eigenvalue weighted by Gasteiger charge is 2.36. The first kappa shape index (κ1) is 17.9. The van der Waals surface area contributed by atoms with Crippen LogP contribution >= 0.6 is 11.3 Å². The van der Waals surface area contributed by atoms with E-state index in [-0.39, 0.29) is 23.8 Å². The number of aliphatic carboxylic acids is 1. The number of rotatable bonds is 5. The lowest BCUT2D eigenvalue weighted by Crippen LogP contribution is -2.34. The second-order valence-electron chi connectivity index (χ2n) is 6.83. The van der Waals surface area contributed by atoms with Crippen LogP contribution in [0, 0.1) is 18.8 Å². The predicted octanol–water partition coefficient (Wildman–Crippen LogP) is 3.60. The van der Waals surface area contributed by atoms with Crippen molar-refractivity contribution in [3.63, 3.8) is 0 Å². The Morgan fingerprint density at radius 2 is 1.87 bits per heavy atom. The van der Waals surface area contributed by atoms with E-state index in [1.54, 1.807) is 16.2 Å². The van der Waals surface area contributed by atoms with Gasteiger partial charge in [-0.25, -0.2) is 4.98 Å². The van der Waals surface area contributed by atoms with Gasteiger partial charge in [-0.2, -0.15) is 0 Å². The largest absolute Gasteiger partial charge is 0.481 e. The second-order valence-corrected chi connectivity index (χ2v) is 7.89. The summed E-state index contributed by atoms with van der Waals surface area (Å²) in [5.41, 5.74) is 0.987. The molecular weight excluding hydrogens is 312 g/mol. The first-order chi connectivity index (χ1) is 10.7. The van der Waals surface area contributed by atoms with E-state index in [9.17, 15) is 9.59 Å². The van der Waals surface area contributed by atoms with Gasteiger partial charge in [-0.05, 0) is 33.1 Å². The first-order valence-electron chi connectivity index (χ1n) is 8.19. The van der Waals surface area contributed by atoms with E-state index in [1.807, 2.05) is 20.9 Å². The molecule has 1 fully saturated rings. The first-order valence-corrected chi connectivity index (χ1v) is 9.00. The molecule has 1 aliphatic rings. The zero-order valence-electron chi connectivity index (χ0n) is 14.5. The van der Waals surface area contributed by atoms with Gasteiger partial charge in [0.1, 0.15) is 0 Å². The summed E-state index contributed by atoms with van der Waals surface area (Å²) in [5, 5.41) is 10.2. The molecule has 0 saturated heterocycles. The van der Waals surface area contributed by atoms with Crippen LogP contribution in [0.2, 0.25) is 0 Å². The van der Waals surface area contributed by atoms with Crippen molar-refractivity contribution in [2.45, 2.75) is 58.9 Å². The number of carboxylic acid groups (broad SMARTS) is 1. The highest BCUT2D eigenvalue weighted by molar-refractivity contribution is 7.11. The van der Waals surface area contributed by atoms with Crippen LogP contribution in [0.15, 0.2) is 0 Å². The highest BCUT2D eigenvalue weighted by atomic mass is 32.1. The summed E-state index contributed by atoms with van der Waals surface area (Å²) in [7, 11) is 1.81. The molecule has 0 radical (unpaired) electrons. The molecule has 1 heterocycles. The molecule has 128 valence electrons. The maximum absolute atomic E-state index is 12.7. The smallest absolute Gasteiger partial charge is 0.306 e. The highest BCUT2D eigenvalue weighted by Crippen LogP contribution is 2.36. The van der Waals surface area contributed by atoms with E-state index >= 15 is 0 Å². The van der Waals surface area contributed by atoms with Crippen molar-refractivity contribution in [2.75, 3.05) is 7.05 Å². The average Bonchev–Trinajstić information content (AvgIpc) is 3.11. The van der Waals surface area contributed by atoms with Crippen LogP contribution in [-0.2, 0) is 9.59 Å². The lowest BCUT2D eigenvalue weighted by molar-refractivity contribution is -0.141. The molecule has 1 aromatic heterocycles. The second kappa shape index (κ2) is 6.99. The van der Waals surface area contributed by atoms with Crippen molar-refractivity contribution in [3.05, 3.63) is 15.6 Å². The van der Waals surface area contributed by atoms with Crippen LogP contribution in [0.4, 0.5) is 0 Å². The summed E-state index contributed by atoms with van der Waals surface area (Å²) >= 11 is 1.67. The average molecular weight is 338 g/mol. The molecule has 23 heavy (non-hydrogen) atoms. The van der Waals surface area contributed by atoms with Gasteiger partial charge in [-0.15, -0.1) is 11.3 Å². The fourth-order valence-electron chi connectivity index (χ4n) is 3.15. The maximum Gasteiger partial charge on any atom is 0.306 e. The summed E-state index contributed by atoms with van der Waals surface area (Å²) in [5.74, 6) is -0.880. The Hall–Kier alpha value is -1.43. The number of carbonyl (C=O) groups is 2. The van der Waals surface area contributed by atoms with Gasteiger partial charge in [0, 0.05) is 23.8 Å². The maximum atomic E-state index is 12.7. The summed E-state index contributed by atoms with van der Waals surface area (Å²) in [4.78, 5) is 31.3. The molecule has 1 N–H and O–H groups in total. The van der Waals surface area contributed by atoms with Gasteiger partial charge in [0.05, 0.1) is 22.7 Å². The molecule has 1 amide bonds. The quantitative estimate of drug-likeness (QED) is 0.890. The third-order valence-corrected chi connectivity index (χ3v) is 6.41. The Kier molecular flexibility index (Phi) is 5.45. The molecule has 1 unspecified atom stereocenters. The molecule has 0 aliphatic heterocycles. The third kappa shape index (κ3) is 3.74. The molecule has 0 spiro atoms. The van der Waals surface area contributed by atoms with Gasteiger partial charge in [0.2, 0.25) is 5.91 Å². The van der Waals surface area contributed by atoms with Crippen LogP contribution in [-0.4, -0.2) is 33.9 Å². The van der Waals surface area contributed by atoms with Crippen molar-refractivity contribution in [1.82, 2.24) is 9.88 Å². The topological polar surface area (TPSA) is 70.5 Å². The van der Waals surface area contributed by atoms with Crippen LogP contribution < -0.4 is 0 Å². The standard InChI is InChI=1S/C17H26N2O3S/c1-9(2)15-18-10(3)14(23-15)11(4)19(5)16(20)12-6-7-13(8-12)17(21)22/h9,11-13H,6-8H2,1-5H3,(H,21,22)/t11?,12-,13+/m1/s1. The van der Waals surface area contributed by atoms with Gasteiger partial charge in [0.15, 0.2) is 0 Å². The van der Waals surface area contributed by atoms with Crippen LogP contribution in [0.3, 0.4) is 0 Å². The van der Waals surface area contributed by atoms with Gasteiger partial charge < -0.3 is 10.0 Å². The number of nitrogens with zero attached hydrogens (tertiary/aromatic N) is 2. The molecule has 2 rings (SSSR count). The number of aromatic nitrogens is 1. The normalized spacial score (nSPS) is 22.3. The number of hydrogen-bond donors (Lipinski definition) is 1. The number of carboxylic acids is 1. The fraction of sp³-hybridized carbons (Fsp3) is 0.706. The third-order valence-electron chi connectivity index (χ3n) is 4.78. The van der Waals surface area contributed by atoms with E-state index < -0.39 is 5.97 Å². The lowest BCUT2D eigenvalue weighted by Gasteiger charge is -2.27. The molecule has 1 aliphatic carbocycles. The molecule has 1 aromatic rings. The zero-order chi connectivity index (χ0) is 17.3. The Morgan fingerprint density at radius 3 is 2.35 bits per heavy atom. The summed E-state index contributed by atoms with van der Waals surface area (Å²) in [6.45, 7) is 8.24. The van der Waals surface area contributed by atoms with E-state index in [1.165, 1.54) is 0 Å². The number of hydrogen-bond acceptors (Lipinski definition) is 4. The van der Waals surface area contributed by atoms with Crippen molar-refractivity contribution < 1.29 is 14.7 Å². The summed E-state index contributed by atoms with van der Waals surface area (Å²) in [6, 6.07) is -0.0311. The molecule has 3 atom stereocenters. The number of thiazole rings is 1. The Bertz CT molecular complexity index is 597. The minimum absolute atomic E-state index is 0.0311. The van der Waals surface area contributed by atoms with E-state index in [2.05, 4.69) is 18.8 Å². The van der Waals surface area contributed by atoms with Crippen LogP contribution in [0.5, 0.6) is 0 Å². The summed E-state index contributed by atoms with van der Waals surface area (Å²) < 4.78 is 0. The minimum atomic E-state index is -0.782. The fourth-order valence-corrected chi connectivity index (χ4v) is 4.31. The predicted molar refractivity (Wildman–Crippen MR) is 90.6 cm³/mol. The molecule has 1 saturated carbocycles. The number of aryl methyl sites for hydroxylation is 1.